The van der Waals surface area contributed by atoms with Gasteiger partial charge in [0.25, 0.3) is 11.8 Å². The fourth-order valence-corrected chi connectivity index (χ4v) is 4.40. The van der Waals surface area contributed by atoms with E-state index in [0.717, 1.165) is 11.1 Å². The summed E-state index contributed by atoms with van der Waals surface area (Å²) < 4.78 is 0. The highest BCUT2D eigenvalue weighted by molar-refractivity contribution is 6.31. The van der Waals surface area contributed by atoms with Gasteiger partial charge in [0.2, 0.25) is 5.91 Å². The van der Waals surface area contributed by atoms with Crippen molar-refractivity contribution in [2.75, 3.05) is 10.2 Å². The normalized spacial score (nSPS) is 14.9. The van der Waals surface area contributed by atoms with Gasteiger partial charge in [-0.3, -0.25) is 19.3 Å². The molecule has 3 aromatic rings. The number of rotatable bonds is 6. The van der Waals surface area contributed by atoms with Crippen LogP contribution in [-0.4, -0.2) is 23.8 Å². The smallest absolute Gasteiger partial charge is 0.259 e. The van der Waals surface area contributed by atoms with Gasteiger partial charge in [-0.1, -0.05) is 55.8 Å². The monoisotopic (exact) mass is 490 g/mol. The Kier molecular flexibility index (Phi) is 7.19. The zero-order valence-electron chi connectivity index (χ0n) is 19.5. The molecule has 180 valence electrons. The Morgan fingerprint density at radius 3 is 2.49 bits per heavy atom. The number of nitrogens with two attached hydrogens (primary N) is 1. The van der Waals surface area contributed by atoms with Crippen LogP contribution in [0.1, 0.15) is 45.7 Å². The largest absolute Gasteiger partial charge is 0.348 e. The summed E-state index contributed by atoms with van der Waals surface area (Å²) in [7, 11) is 0. The molecule has 0 fully saturated rings. The Morgan fingerprint density at radius 1 is 1.03 bits per heavy atom. The third kappa shape index (κ3) is 5.21. The van der Waals surface area contributed by atoms with Crippen molar-refractivity contribution in [2.24, 2.45) is 11.7 Å². The predicted molar refractivity (Wildman–Crippen MR) is 137 cm³/mol. The fraction of sp³-hybridized carbons (Fsp3) is 0.222. The van der Waals surface area contributed by atoms with Gasteiger partial charge in [0.1, 0.15) is 6.04 Å². The molecule has 1 aliphatic rings. The van der Waals surface area contributed by atoms with Crippen LogP contribution >= 0.6 is 11.6 Å². The lowest BCUT2D eigenvalue weighted by Crippen LogP contribution is -2.53. The van der Waals surface area contributed by atoms with Crippen molar-refractivity contribution in [3.63, 3.8) is 0 Å². The van der Waals surface area contributed by atoms with Gasteiger partial charge >= 0.3 is 0 Å². The van der Waals surface area contributed by atoms with Crippen molar-refractivity contribution in [2.45, 2.75) is 33.0 Å². The van der Waals surface area contributed by atoms with E-state index < -0.39 is 6.04 Å². The molecule has 35 heavy (non-hydrogen) atoms. The van der Waals surface area contributed by atoms with E-state index in [1.807, 2.05) is 38.1 Å². The van der Waals surface area contributed by atoms with E-state index in [9.17, 15) is 14.4 Å². The second-order valence-corrected chi connectivity index (χ2v) is 9.24. The molecule has 1 atom stereocenters. The number of nitrogens with one attached hydrogen (secondary N) is 2. The minimum absolute atomic E-state index is 0.140. The molecule has 3 aromatic carbocycles. The van der Waals surface area contributed by atoms with E-state index in [4.69, 9.17) is 17.3 Å². The molecule has 1 aliphatic heterocycles. The number of anilines is 2. The SMILES string of the molecule is CC(C)C1C(=O)Nc2cc(C(=O)NCc3cccc(CN)c3)ccc2N1C(=O)c1cccc(Cl)c1. The first-order valence-corrected chi connectivity index (χ1v) is 11.8. The number of carbonyl (C=O) groups is 3. The number of amides is 3. The number of hydrogen-bond donors (Lipinski definition) is 3. The quantitative estimate of drug-likeness (QED) is 0.477. The topological polar surface area (TPSA) is 105 Å². The van der Waals surface area contributed by atoms with E-state index in [-0.39, 0.29) is 23.6 Å². The van der Waals surface area contributed by atoms with Crippen LogP contribution < -0.4 is 21.3 Å². The summed E-state index contributed by atoms with van der Waals surface area (Å²) in [6.07, 6.45) is 0. The molecule has 0 aliphatic carbocycles. The molecule has 0 saturated heterocycles. The summed E-state index contributed by atoms with van der Waals surface area (Å²) in [6, 6.07) is 18.5. The van der Waals surface area contributed by atoms with Crippen LogP contribution in [0.2, 0.25) is 5.02 Å². The first-order chi connectivity index (χ1) is 16.8. The standard InChI is InChI=1S/C27H27ClN4O3/c1-16(2)24-26(34)31-22-13-19(25(33)30-15-18-6-3-5-17(11-18)14-29)9-10-23(22)32(24)27(35)20-7-4-8-21(28)12-20/h3-13,16,24H,14-15,29H2,1-2H3,(H,30,33)(H,31,34). The summed E-state index contributed by atoms with van der Waals surface area (Å²) in [6.45, 7) is 4.53. The number of halogens is 1. The number of fused-ring (bicyclic) bond motifs is 1. The Bertz CT molecular complexity index is 1290. The van der Waals surface area contributed by atoms with Crippen LogP contribution in [0.4, 0.5) is 11.4 Å². The molecule has 0 radical (unpaired) electrons. The molecule has 3 amide bonds. The van der Waals surface area contributed by atoms with Crippen molar-refractivity contribution in [3.05, 3.63) is 94.0 Å². The Morgan fingerprint density at radius 2 is 1.77 bits per heavy atom. The molecule has 0 bridgehead atoms. The highest BCUT2D eigenvalue weighted by Gasteiger charge is 2.39. The van der Waals surface area contributed by atoms with Crippen LogP contribution in [0.15, 0.2) is 66.7 Å². The molecule has 0 aromatic heterocycles. The van der Waals surface area contributed by atoms with Crippen LogP contribution in [0.3, 0.4) is 0 Å². The van der Waals surface area contributed by atoms with E-state index in [1.165, 1.54) is 4.90 Å². The Hall–Kier alpha value is -3.68. The summed E-state index contributed by atoms with van der Waals surface area (Å²) in [4.78, 5) is 40.9. The maximum Gasteiger partial charge on any atom is 0.259 e. The first-order valence-electron chi connectivity index (χ1n) is 11.4. The van der Waals surface area contributed by atoms with Crippen molar-refractivity contribution in [3.8, 4) is 0 Å². The summed E-state index contributed by atoms with van der Waals surface area (Å²) in [5, 5.41) is 6.19. The average Bonchev–Trinajstić information content (AvgIpc) is 2.85. The third-order valence-electron chi connectivity index (χ3n) is 5.92. The predicted octanol–water partition coefficient (Wildman–Crippen LogP) is 4.35. The Balaban J connectivity index is 1.62. The van der Waals surface area contributed by atoms with E-state index in [1.54, 1.807) is 42.5 Å². The molecule has 1 heterocycles. The van der Waals surface area contributed by atoms with Gasteiger partial charge in [0, 0.05) is 29.2 Å². The van der Waals surface area contributed by atoms with Crippen LogP contribution in [0.25, 0.3) is 0 Å². The van der Waals surface area contributed by atoms with Gasteiger partial charge in [-0.05, 0) is 53.4 Å². The summed E-state index contributed by atoms with van der Waals surface area (Å²) in [5.74, 6) is -1.07. The summed E-state index contributed by atoms with van der Waals surface area (Å²) >= 11 is 6.10. The maximum absolute atomic E-state index is 13.5. The molecule has 0 spiro atoms. The summed E-state index contributed by atoms with van der Waals surface area (Å²) in [5.41, 5.74) is 9.29. The first kappa shape index (κ1) is 24.4. The average molecular weight is 491 g/mol. The van der Waals surface area contributed by atoms with Gasteiger partial charge in [-0.15, -0.1) is 0 Å². The highest BCUT2D eigenvalue weighted by atomic mass is 35.5. The van der Waals surface area contributed by atoms with Gasteiger partial charge in [0.05, 0.1) is 11.4 Å². The molecular formula is C27H27ClN4O3. The number of nitrogens with zero attached hydrogens (tertiary/aromatic N) is 1. The minimum Gasteiger partial charge on any atom is -0.348 e. The lowest BCUT2D eigenvalue weighted by Gasteiger charge is -2.38. The van der Waals surface area contributed by atoms with E-state index in [0.29, 0.717) is 40.6 Å². The van der Waals surface area contributed by atoms with Gasteiger partial charge < -0.3 is 16.4 Å². The molecular weight excluding hydrogens is 464 g/mol. The Labute approximate surface area is 209 Å². The third-order valence-corrected chi connectivity index (χ3v) is 6.16. The van der Waals surface area contributed by atoms with Crippen molar-refractivity contribution in [1.82, 2.24) is 5.32 Å². The molecule has 7 nitrogen and oxygen atoms in total. The second kappa shape index (κ2) is 10.3. The molecule has 4 N–H and O–H groups in total. The van der Waals surface area contributed by atoms with Crippen molar-refractivity contribution in [1.29, 1.82) is 0 Å². The zero-order chi connectivity index (χ0) is 25.1. The zero-order valence-corrected chi connectivity index (χ0v) is 20.3. The molecule has 0 saturated carbocycles. The number of carbonyl (C=O) groups excluding carboxylic acids is 3. The van der Waals surface area contributed by atoms with E-state index >= 15 is 0 Å². The lowest BCUT2D eigenvalue weighted by atomic mass is 9.95. The van der Waals surface area contributed by atoms with Crippen molar-refractivity contribution < 1.29 is 14.4 Å². The van der Waals surface area contributed by atoms with Crippen molar-refractivity contribution >= 4 is 40.7 Å². The molecule has 1 unspecified atom stereocenters. The van der Waals surface area contributed by atoms with Gasteiger partial charge in [0.15, 0.2) is 0 Å². The van der Waals surface area contributed by atoms with Crippen LogP contribution in [0.5, 0.6) is 0 Å². The maximum atomic E-state index is 13.5. The molecule has 8 heteroatoms. The van der Waals surface area contributed by atoms with E-state index in [2.05, 4.69) is 10.6 Å². The lowest BCUT2D eigenvalue weighted by molar-refractivity contribution is -0.118. The van der Waals surface area contributed by atoms with Crippen LogP contribution in [0, 0.1) is 5.92 Å². The number of benzene rings is 3. The second-order valence-electron chi connectivity index (χ2n) is 8.80. The fourth-order valence-electron chi connectivity index (χ4n) is 4.21. The van der Waals surface area contributed by atoms with Crippen LogP contribution in [-0.2, 0) is 17.9 Å². The number of hydrogen-bond acceptors (Lipinski definition) is 4. The van der Waals surface area contributed by atoms with Gasteiger partial charge in [-0.25, -0.2) is 0 Å². The van der Waals surface area contributed by atoms with Gasteiger partial charge in [-0.2, -0.15) is 0 Å². The minimum atomic E-state index is -0.705. The molecule has 4 rings (SSSR count). The highest BCUT2D eigenvalue weighted by Crippen LogP contribution is 2.36.